The summed E-state index contributed by atoms with van der Waals surface area (Å²) in [6.07, 6.45) is -20.5. The maximum atomic E-state index is 14.7. The summed E-state index contributed by atoms with van der Waals surface area (Å²) >= 11 is 0. The van der Waals surface area contributed by atoms with E-state index < -0.39 is 98.6 Å². The molecular formula is C18H20F18O. The van der Waals surface area contributed by atoms with Gasteiger partial charge in [0.1, 0.15) is 11.2 Å². The van der Waals surface area contributed by atoms with E-state index >= 15 is 0 Å². The second-order valence-corrected chi connectivity index (χ2v) is 8.51. The molecule has 0 aromatic rings. The first-order chi connectivity index (χ1) is 15.8. The normalized spacial score (nSPS) is 19.0. The van der Waals surface area contributed by atoms with Gasteiger partial charge in [-0.2, -0.15) is 79.0 Å². The fraction of sp³-hybridized carbons (Fsp3) is 1.00. The van der Waals surface area contributed by atoms with E-state index in [-0.39, 0.29) is 0 Å². The summed E-state index contributed by atoms with van der Waals surface area (Å²) in [5.74, 6) is -43.9. The third kappa shape index (κ3) is 5.17. The van der Waals surface area contributed by atoms with Crippen molar-refractivity contribution in [3.63, 3.8) is 0 Å². The molecular weight excluding hydrogens is 574 g/mol. The van der Waals surface area contributed by atoms with Gasteiger partial charge in [0.2, 0.25) is 0 Å². The van der Waals surface area contributed by atoms with E-state index in [2.05, 4.69) is 4.74 Å². The molecule has 0 heterocycles. The predicted molar refractivity (Wildman–Crippen MR) is 89.5 cm³/mol. The average Bonchev–Trinajstić information content (AvgIpc) is 2.65. The number of halogens is 18. The van der Waals surface area contributed by atoms with Crippen molar-refractivity contribution in [3.05, 3.63) is 0 Å². The highest BCUT2D eigenvalue weighted by Crippen LogP contribution is 2.62. The molecule has 2 unspecified atom stereocenters. The molecule has 0 amide bonds. The van der Waals surface area contributed by atoms with Crippen LogP contribution < -0.4 is 0 Å². The summed E-state index contributed by atoms with van der Waals surface area (Å²) in [5.41, 5.74) is -9.37. The van der Waals surface area contributed by atoms with Crippen LogP contribution in [0, 0.1) is 0 Å². The molecule has 0 aliphatic rings. The quantitative estimate of drug-likeness (QED) is 0.205. The number of hydrogen-bond donors (Lipinski definition) is 0. The lowest BCUT2D eigenvalue weighted by molar-refractivity contribution is -0.446. The highest BCUT2D eigenvalue weighted by Gasteiger charge is 2.88. The maximum Gasteiger partial charge on any atom is 0.460 e. The first kappa shape index (κ1) is 35.7. The van der Waals surface area contributed by atoms with Gasteiger partial charge >= 0.3 is 47.9 Å². The van der Waals surface area contributed by atoms with Crippen molar-refractivity contribution < 1.29 is 83.8 Å². The van der Waals surface area contributed by atoms with Gasteiger partial charge in [0.05, 0.1) is 0 Å². The first-order valence-corrected chi connectivity index (χ1v) is 9.93. The van der Waals surface area contributed by atoms with Gasteiger partial charge in [-0.25, -0.2) is 0 Å². The van der Waals surface area contributed by atoms with Gasteiger partial charge in [-0.15, -0.1) is 0 Å². The van der Waals surface area contributed by atoms with Crippen LogP contribution in [0.1, 0.15) is 53.4 Å². The van der Waals surface area contributed by atoms with E-state index in [0.29, 0.717) is 0 Å². The molecule has 0 bridgehead atoms. The Morgan fingerprint density at radius 3 is 0.757 bits per heavy atom. The standard InChI is InChI=1S/C18H20F18O/c1-5-7-9(3,11(19,20)13(23,24)15(27,28)17(31,32)33)37-10(4,8-6-2)12(21,22)14(25,26)16(29,30)18(34,35)36/h5-8H2,1-4H3. The molecule has 0 radical (unpaired) electrons. The molecule has 0 spiro atoms. The molecule has 224 valence electrons. The van der Waals surface area contributed by atoms with Crippen molar-refractivity contribution in [2.24, 2.45) is 0 Å². The Morgan fingerprint density at radius 2 is 0.595 bits per heavy atom. The zero-order chi connectivity index (χ0) is 30.5. The summed E-state index contributed by atoms with van der Waals surface area (Å²) in [7, 11) is 0. The van der Waals surface area contributed by atoms with Gasteiger partial charge in [-0.1, -0.05) is 26.7 Å². The molecule has 1 nitrogen and oxygen atoms in total. The molecule has 0 rings (SSSR count). The van der Waals surface area contributed by atoms with Crippen LogP contribution in [-0.4, -0.2) is 59.1 Å². The fourth-order valence-corrected chi connectivity index (χ4v) is 3.41. The van der Waals surface area contributed by atoms with Crippen LogP contribution in [-0.2, 0) is 4.74 Å². The Labute approximate surface area is 197 Å². The summed E-state index contributed by atoms with van der Waals surface area (Å²) in [6, 6.07) is 0. The minimum absolute atomic E-state index is 0.471. The highest BCUT2D eigenvalue weighted by atomic mass is 19.4. The van der Waals surface area contributed by atoms with Crippen LogP contribution in [0.25, 0.3) is 0 Å². The zero-order valence-electron chi connectivity index (χ0n) is 19.0. The van der Waals surface area contributed by atoms with Crippen LogP contribution in [0.2, 0.25) is 0 Å². The molecule has 0 aliphatic carbocycles. The topological polar surface area (TPSA) is 9.23 Å². The lowest BCUT2D eigenvalue weighted by Gasteiger charge is -2.50. The van der Waals surface area contributed by atoms with Gasteiger partial charge in [-0.05, 0) is 26.7 Å². The van der Waals surface area contributed by atoms with Crippen molar-refractivity contribution in [2.45, 2.75) is 112 Å². The highest BCUT2D eigenvalue weighted by molar-refractivity contribution is 5.13. The Kier molecular flexibility index (Phi) is 9.37. The Balaban J connectivity index is 7.22. The van der Waals surface area contributed by atoms with Gasteiger partial charge in [0.25, 0.3) is 0 Å². The maximum absolute atomic E-state index is 14.7. The smallest absolute Gasteiger partial charge is 0.356 e. The van der Waals surface area contributed by atoms with E-state index in [1.54, 1.807) is 0 Å². The third-order valence-electron chi connectivity index (χ3n) is 5.52. The minimum Gasteiger partial charge on any atom is -0.356 e. The van der Waals surface area contributed by atoms with E-state index in [0.717, 1.165) is 13.8 Å². The summed E-state index contributed by atoms with van der Waals surface area (Å²) < 4.78 is 247. The first-order valence-electron chi connectivity index (χ1n) is 9.93. The number of ether oxygens (including phenoxy) is 1. The van der Waals surface area contributed by atoms with Crippen LogP contribution in [0.15, 0.2) is 0 Å². The molecule has 37 heavy (non-hydrogen) atoms. The van der Waals surface area contributed by atoms with Crippen molar-refractivity contribution in [1.29, 1.82) is 0 Å². The average molecular weight is 594 g/mol. The lowest BCUT2D eigenvalue weighted by Crippen LogP contribution is -2.73. The van der Waals surface area contributed by atoms with E-state index in [4.69, 9.17) is 0 Å². The van der Waals surface area contributed by atoms with Gasteiger partial charge < -0.3 is 4.74 Å². The van der Waals surface area contributed by atoms with E-state index in [1.807, 2.05) is 0 Å². The Bertz CT molecular complexity index is 719. The van der Waals surface area contributed by atoms with Crippen LogP contribution in [0.3, 0.4) is 0 Å². The van der Waals surface area contributed by atoms with Crippen LogP contribution in [0.5, 0.6) is 0 Å². The molecule has 0 saturated carbocycles. The fourth-order valence-electron chi connectivity index (χ4n) is 3.41. The van der Waals surface area contributed by atoms with Gasteiger partial charge in [-0.3, -0.25) is 0 Å². The predicted octanol–water partition coefficient (Wildman–Crippen LogP) is 9.06. The van der Waals surface area contributed by atoms with Crippen molar-refractivity contribution in [1.82, 2.24) is 0 Å². The monoisotopic (exact) mass is 594 g/mol. The SMILES string of the molecule is CCCC(C)(OC(C)(CCC)C(F)(F)C(F)(F)C(F)(F)C(F)(F)F)C(F)(F)C(F)(F)C(F)(F)C(F)(F)F. The Morgan fingerprint density at radius 1 is 0.378 bits per heavy atom. The molecule has 0 aliphatic heterocycles. The summed E-state index contributed by atoms with van der Waals surface area (Å²) in [6.45, 7) is 0.528. The van der Waals surface area contributed by atoms with Crippen LogP contribution >= 0.6 is 0 Å². The minimum atomic E-state index is -7.58. The number of alkyl halides is 18. The second-order valence-electron chi connectivity index (χ2n) is 8.51. The van der Waals surface area contributed by atoms with E-state index in [9.17, 15) is 79.0 Å². The van der Waals surface area contributed by atoms with E-state index in [1.165, 1.54) is 0 Å². The lowest BCUT2D eigenvalue weighted by atomic mass is 9.81. The largest absolute Gasteiger partial charge is 0.460 e. The number of rotatable bonds is 12. The van der Waals surface area contributed by atoms with Gasteiger partial charge in [0.15, 0.2) is 0 Å². The molecule has 0 N–H and O–H groups in total. The van der Waals surface area contributed by atoms with Crippen LogP contribution in [0.4, 0.5) is 79.0 Å². The third-order valence-corrected chi connectivity index (χ3v) is 5.52. The van der Waals surface area contributed by atoms with Crippen molar-refractivity contribution >= 4 is 0 Å². The molecule has 0 fully saturated rings. The summed E-state index contributed by atoms with van der Waals surface area (Å²) in [5, 5.41) is 0. The molecule has 0 aromatic heterocycles. The second kappa shape index (κ2) is 9.71. The van der Waals surface area contributed by atoms with Crippen molar-refractivity contribution in [3.8, 4) is 0 Å². The molecule has 0 aromatic carbocycles. The molecule has 19 heteroatoms. The van der Waals surface area contributed by atoms with Crippen molar-refractivity contribution in [2.75, 3.05) is 0 Å². The van der Waals surface area contributed by atoms with Gasteiger partial charge in [0, 0.05) is 0 Å². The molecule has 0 saturated heterocycles. The Hall–Kier alpha value is -1.30. The summed E-state index contributed by atoms with van der Waals surface area (Å²) in [4.78, 5) is 0. The zero-order valence-corrected chi connectivity index (χ0v) is 19.0. The number of hydrogen-bond acceptors (Lipinski definition) is 1. The molecule has 2 atom stereocenters.